The molecule has 0 aliphatic heterocycles. The number of aryl methyl sites for hydroxylation is 1. The number of rotatable bonds is 3. The van der Waals surface area contributed by atoms with Gasteiger partial charge in [0.15, 0.2) is 0 Å². The van der Waals surface area contributed by atoms with Gasteiger partial charge in [0, 0.05) is 36.9 Å². The normalized spacial score (nSPS) is 11.6. The van der Waals surface area contributed by atoms with Crippen molar-refractivity contribution < 1.29 is 13.2 Å². The first kappa shape index (κ1) is 19.4. The molecule has 0 amide bonds. The van der Waals surface area contributed by atoms with Gasteiger partial charge in [0.05, 0.1) is 16.6 Å². The number of pyridine rings is 2. The van der Waals surface area contributed by atoms with Crippen molar-refractivity contribution in [2.75, 3.05) is 11.1 Å². The predicted octanol–water partition coefficient (Wildman–Crippen LogP) is 3.74. The average molecular weight is 412 g/mol. The molecular weight excluding hydrogens is 397 g/mol. The van der Waals surface area contributed by atoms with E-state index in [-0.39, 0.29) is 28.4 Å². The lowest BCUT2D eigenvalue weighted by Gasteiger charge is -2.13. The summed E-state index contributed by atoms with van der Waals surface area (Å²) in [5, 5.41) is 3.67. The van der Waals surface area contributed by atoms with Gasteiger partial charge in [-0.05, 0) is 35.7 Å². The fourth-order valence-corrected chi connectivity index (χ4v) is 2.98. The summed E-state index contributed by atoms with van der Waals surface area (Å²) in [6.07, 6.45) is 0.0612. The number of halogens is 3. The predicted molar refractivity (Wildman–Crippen MR) is 107 cm³/mol. The molecule has 10 heteroatoms. The molecule has 4 rings (SSSR count). The van der Waals surface area contributed by atoms with Crippen LogP contribution in [0.4, 0.5) is 30.6 Å². The maximum atomic E-state index is 13.1. The highest BCUT2D eigenvalue weighted by Crippen LogP contribution is 2.32. The molecule has 152 valence electrons. The van der Waals surface area contributed by atoms with Crippen LogP contribution in [0, 0.1) is 0 Å². The first-order valence-corrected chi connectivity index (χ1v) is 8.75. The molecule has 4 aromatic rings. The van der Waals surface area contributed by atoms with E-state index < -0.39 is 11.7 Å². The number of nitrogens with zero attached hydrogens (tertiary/aromatic N) is 4. The van der Waals surface area contributed by atoms with Crippen LogP contribution in [0.1, 0.15) is 5.56 Å². The fraction of sp³-hybridized carbons (Fsp3) is 0.100. The van der Waals surface area contributed by atoms with E-state index in [4.69, 9.17) is 5.73 Å². The number of alkyl halides is 3. The smallest absolute Gasteiger partial charge is 0.368 e. The molecule has 3 aromatic heterocycles. The zero-order valence-electron chi connectivity index (χ0n) is 15.6. The Kier molecular flexibility index (Phi) is 4.61. The van der Waals surface area contributed by atoms with Crippen LogP contribution in [-0.4, -0.2) is 19.5 Å². The van der Waals surface area contributed by atoms with Crippen LogP contribution in [0.3, 0.4) is 0 Å². The lowest BCUT2D eigenvalue weighted by atomic mass is 10.1. The molecule has 0 radical (unpaired) electrons. The number of hydrogen-bond donors (Lipinski definition) is 2. The van der Waals surface area contributed by atoms with Crippen molar-refractivity contribution in [3.8, 4) is 11.3 Å². The van der Waals surface area contributed by atoms with Crippen LogP contribution in [0.25, 0.3) is 22.0 Å². The van der Waals surface area contributed by atoms with Gasteiger partial charge in [-0.3, -0.25) is 4.79 Å². The molecule has 3 N–H and O–H groups in total. The summed E-state index contributed by atoms with van der Waals surface area (Å²) in [5.41, 5.74) is 5.50. The molecule has 7 nitrogen and oxygen atoms in total. The van der Waals surface area contributed by atoms with Gasteiger partial charge in [0.25, 0.3) is 5.56 Å². The number of anilines is 3. The maximum Gasteiger partial charge on any atom is 0.416 e. The summed E-state index contributed by atoms with van der Waals surface area (Å²) in [5.74, 6) is 0.218. The zero-order chi connectivity index (χ0) is 21.5. The Labute approximate surface area is 168 Å². The number of hydrogen-bond acceptors (Lipinski definition) is 6. The zero-order valence-corrected chi connectivity index (χ0v) is 15.6. The van der Waals surface area contributed by atoms with Crippen LogP contribution in [0.15, 0.2) is 59.8 Å². The van der Waals surface area contributed by atoms with E-state index in [2.05, 4.69) is 20.3 Å². The van der Waals surface area contributed by atoms with Crippen molar-refractivity contribution in [1.29, 1.82) is 0 Å². The van der Waals surface area contributed by atoms with E-state index in [1.165, 1.54) is 29.1 Å². The van der Waals surface area contributed by atoms with Gasteiger partial charge >= 0.3 is 6.18 Å². The van der Waals surface area contributed by atoms with E-state index in [0.29, 0.717) is 16.6 Å². The second-order valence-corrected chi connectivity index (χ2v) is 6.59. The Morgan fingerprint density at radius 1 is 1.10 bits per heavy atom. The molecule has 0 aliphatic rings. The maximum absolute atomic E-state index is 13.1. The third-order valence-electron chi connectivity index (χ3n) is 4.48. The average Bonchev–Trinajstić information content (AvgIpc) is 2.70. The van der Waals surface area contributed by atoms with E-state index in [1.807, 2.05) is 0 Å². The molecule has 0 aliphatic carbocycles. The number of nitrogen functional groups attached to an aromatic ring is 1. The topological polar surface area (TPSA) is 98.7 Å². The molecule has 3 heterocycles. The third-order valence-corrected chi connectivity index (χ3v) is 4.48. The van der Waals surface area contributed by atoms with Crippen molar-refractivity contribution in [3.05, 3.63) is 70.9 Å². The minimum atomic E-state index is -4.49. The van der Waals surface area contributed by atoms with Crippen molar-refractivity contribution >= 4 is 28.2 Å². The van der Waals surface area contributed by atoms with Gasteiger partial charge in [0.2, 0.25) is 5.95 Å². The summed E-state index contributed by atoms with van der Waals surface area (Å²) in [6, 6.07) is 8.08. The van der Waals surface area contributed by atoms with E-state index in [9.17, 15) is 18.0 Å². The third kappa shape index (κ3) is 3.66. The van der Waals surface area contributed by atoms with Crippen molar-refractivity contribution in [1.82, 2.24) is 19.5 Å². The number of fused-ring (bicyclic) bond motifs is 1. The molecule has 0 atom stereocenters. The Morgan fingerprint density at radius 3 is 2.53 bits per heavy atom. The second kappa shape index (κ2) is 7.14. The van der Waals surface area contributed by atoms with Crippen molar-refractivity contribution in [2.45, 2.75) is 6.18 Å². The molecule has 1 aromatic carbocycles. The second-order valence-electron chi connectivity index (χ2n) is 6.59. The summed E-state index contributed by atoms with van der Waals surface area (Å²) in [7, 11) is 1.58. The number of nitrogens with two attached hydrogens (primary N) is 1. The van der Waals surface area contributed by atoms with E-state index in [0.717, 1.165) is 12.1 Å². The Bertz CT molecular complexity index is 1300. The molecule has 0 spiro atoms. The van der Waals surface area contributed by atoms with Crippen LogP contribution in [-0.2, 0) is 13.2 Å². The Morgan fingerprint density at radius 2 is 1.83 bits per heavy atom. The Balaban J connectivity index is 1.90. The summed E-state index contributed by atoms with van der Waals surface area (Å²) >= 11 is 0. The lowest BCUT2D eigenvalue weighted by Crippen LogP contribution is -2.17. The van der Waals surface area contributed by atoms with Gasteiger partial charge in [-0.1, -0.05) is 6.07 Å². The minimum Gasteiger partial charge on any atom is -0.368 e. The van der Waals surface area contributed by atoms with E-state index >= 15 is 0 Å². The largest absolute Gasteiger partial charge is 0.416 e. The number of nitrogens with one attached hydrogen (secondary N) is 1. The van der Waals surface area contributed by atoms with Crippen LogP contribution in [0.2, 0.25) is 0 Å². The molecule has 30 heavy (non-hydrogen) atoms. The van der Waals surface area contributed by atoms with E-state index in [1.54, 1.807) is 25.4 Å². The number of benzene rings is 1. The van der Waals surface area contributed by atoms with Gasteiger partial charge in [0.1, 0.15) is 5.82 Å². The highest BCUT2D eigenvalue weighted by atomic mass is 19.4. The van der Waals surface area contributed by atoms with Gasteiger partial charge in [-0.15, -0.1) is 0 Å². The summed E-state index contributed by atoms with van der Waals surface area (Å²) < 4.78 is 40.6. The van der Waals surface area contributed by atoms with Gasteiger partial charge in [-0.2, -0.15) is 13.2 Å². The monoisotopic (exact) mass is 412 g/mol. The Hall–Kier alpha value is -3.95. The molecule has 0 fully saturated rings. The van der Waals surface area contributed by atoms with Crippen LogP contribution in [0.5, 0.6) is 0 Å². The fourth-order valence-electron chi connectivity index (χ4n) is 2.98. The molecular formula is C20H15F3N6O. The minimum absolute atomic E-state index is 0.0933. The molecule has 0 saturated carbocycles. The standard InChI is InChI=1S/C20H15F3N6O/c1-29-6-5-11-7-15(12-9-25-19(24)26-10-12)28-17(16(11)18(29)30)27-14-4-2-3-13(8-14)20(21,22)23/h2-10H,1H3,(H,27,28)(H2,24,25,26). The SMILES string of the molecule is Cn1ccc2cc(-c3cnc(N)nc3)nc(Nc3cccc(C(F)(F)F)c3)c2c1=O. The van der Waals surface area contributed by atoms with Gasteiger partial charge in [-0.25, -0.2) is 15.0 Å². The van der Waals surface area contributed by atoms with Crippen LogP contribution >= 0.6 is 0 Å². The summed E-state index contributed by atoms with van der Waals surface area (Å²) in [6.45, 7) is 0. The molecule has 0 unspecified atom stereocenters. The first-order chi connectivity index (χ1) is 14.2. The first-order valence-electron chi connectivity index (χ1n) is 8.75. The lowest BCUT2D eigenvalue weighted by molar-refractivity contribution is -0.137. The molecule has 0 bridgehead atoms. The molecule has 0 saturated heterocycles. The van der Waals surface area contributed by atoms with Crippen molar-refractivity contribution in [3.63, 3.8) is 0 Å². The number of aromatic nitrogens is 4. The quantitative estimate of drug-likeness (QED) is 0.532. The highest BCUT2D eigenvalue weighted by molar-refractivity contribution is 5.95. The van der Waals surface area contributed by atoms with Crippen molar-refractivity contribution in [2.24, 2.45) is 7.05 Å². The summed E-state index contributed by atoms with van der Waals surface area (Å²) in [4.78, 5) is 25.1. The highest BCUT2D eigenvalue weighted by Gasteiger charge is 2.30. The van der Waals surface area contributed by atoms with Gasteiger partial charge < -0.3 is 15.6 Å². The van der Waals surface area contributed by atoms with Crippen LogP contribution < -0.4 is 16.6 Å².